The summed E-state index contributed by atoms with van der Waals surface area (Å²) in [6, 6.07) is 0. The maximum absolute atomic E-state index is 10.3. The minimum Gasteiger partial charge on any atom is -0.481 e. The zero-order valence-corrected chi connectivity index (χ0v) is 13.1. The molecule has 1 amide bonds. The molecule has 23 heavy (non-hydrogen) atoms. The molecule has 0 saturated carbocycles. The average Bonchev–Trinajstić information content (AvgIpc) is 2.47. The van der Waals surface area contributed by atoms with E-state index in [1.807, 2.05) is 6.92 Å². The van der Waals surface area contributed by atoms with Gasteiger partial charge < -0.3 is 20.7 Å². The van der Waals surface area contributed by atoms with Crippen molar-refractivity contribution in [2.75, 3.05) is 6.61 Å². The molecule has 0 bridgehead atoms. The number of primary amides is 1. The number of carboxylic acid groups (broad SMARTS) is 2. The monoisotopic (exact) mass is 329 g/mol. The molecule has 0 aliphatic carbocycles. The Morgan fingerprint density at radius 2 is 1.61 bits per heavy atom. The molecule has 0 aromatic carbocycles. The fraction of sp³-hybridized carbons (Fsp3) is 0.333. The summed E-state index contributed by atoms with van der Waals surface area (Å²) in [5.41, 5.74) is 4.23. The number of carbonyl (C=O) groups excluding carboxylic acids is 2. The molecular formula is C15H23NO7. The number of unbranched alkanes of at least 4 members (excludes halogenated alkanes) is 1. The van der Waals surface area contributed by atoms with Crippen LogP contribution in [-0.2, 0) is 23.9 Å². The van der Waals surface area contributed by atoms with Crippen LogP contribution >= 0.6 is 0 Å². The van der Waals surface area contributed by atoms with Gasteiger partial charge in [0.2, 0.25) is 5.91 Å². The highest BCUT2D eigenvalue weighted by Crippen LogP contribution is 1.95. The van der Waals surface area contributed by atoms with Gasteiger partial charge in [0.1, 0.15) is 0 Å². The van der Waals surface area contributed by atoms with Crippen LogP contribution in [0, 0.1) is 0 Å². The lowest BCUT2D eigenvalue weighted by atomic mass is 10.2. The summed E-state index contributed by atoms with van der Waals surface area (Å²) >= 11 is 0. The molecule has 0 atom stereocenters. The van der Waals surface area contributed by atoms with Crippen LogP contribution in [0.3, 0.4) is 0 Å². The van der Waals surface area contributed by atoms with Gasteiger partial charge in [-0.15, -0.1) is 0 Å². The van der Waals surface area contributed by atoms with Crippen LogP contribution in [0.25, 0.3) is 0 Å². The van der Waals surface area contributed by atoms with Crippen molar-refractivity contribution >= 4 is 23.8 Å². The van der Waals surface area contributed by atoms with Crippen molar-refractivity contribution in [3.8, 4) is 0 Å². The minimum atomic E-state index is -1.27. The molecule has 8 nitrogen and oxygen atoms in total. The van der Waals surface area contributed by atoms with E-state index >= 15 is 0 Å². The van der Waals surface area contributed by atoms with Crippen molar-refractivity contribution in [2.24, 2.45) is 5.73 Å². The smallest absolute Gasteiger partial charge is 0.331 e. The Hall–Kier alpha value is -2.90. The maximum Gasteiger partial charge on any atom is 0.331 e. The van der Waals surface area contributed by atoms with Crippen molar-refractivity contribution in [1.29, 1.82) is 0 Å². The van der Waals surface area contributed by atoms with E-state index < -0.39 is 24.3 Å². The number of carboxylic acids is 2. The van der Waals surface area contributed by atoms with Gasteiger partial charge in [0.15, 0.2) is 0 Å². The fourth-order valence-corrected chi connectivity index (χ4v) is 0.634. The summed E-state index contributed by atoms with van der Waals surface area (Å²) in [6.07, 6.45) is 3.70. The summed E-state index contributed by atoms with van der Waals surface area (Å²) in [4.78, 5) is 39.5. The molecule has 4 N–H and O–H groups in total. The van der Waals surface area contributed by atoms with E-state index in [-0.39, 0.29) is 11.5 Å². The van der Waals surface area contributed by atoms with Crippen molar-refractivity contribution < 1.29 is 34.1 Å². The fourth-order valence-electron chi connectivity index (χ4n) is 0.634. The van der Waals surface area contributed by atoms with Crippen molar-refractivity contribution in [3.05, 3.63) is 37.5 Å². The largest absolute Gasteiger partial charge is 0.481 e. The Morgan fingerprint density at radius 1 is 1.13 bits per heavy atom. The molecular weight excluding hydrogens is 306 g/mol. The van der Waals surface area contributed by atoms with Crippen LogP contribution in [0.4, 0.5) is 0 Å². The SMILES string of the molecule is C=C(CC(=O)O)C(=O)O.C=CC(=O)OCCCC.C=CC(N)=O. The van der Waals surface area contributed by atoms with Crippen molar-refractivity contribution in [2.45, 2.75) is 26.2 Å². The van der Waals surface area contributed by atoms with E-state index in [4.69, 9.17) is 10.2 Å². The van der Waals surface area contributed by atoms with Crippen LogP contribution in [0.1, 0.15) is 26.2 Å². The second-order valence-corrected chi connectivity index (χ2v) is 3.81. The van der Waals surface area contributed by atoms with E-state index in [2.05, 4.69) is 30.2 Å². The van der Waals surface area contributed by atoms with E-state index in [1.165, 1.54) is 6.08 Å². The first-order valence-electron chi connectivity index (χ1n) is 6.46. The standard InChI is InChI=1S/C7H12O2.C5H6O4.C3H5NO/c1-3-5-6-9-7(8)4-2;1-3(5(8)9)2-4(6)7;1-2-3(4)5/h4H,2-3,5-6H2,1H3;1-2H2,(H,6,7)(H,8,9);2H,1H2,(H2,4,5). The molecule has 8 heteroatoms. The van der Waals surface area contributed by atoms with E-state index in [0.29, 0.717) is 6.61 Å². The maximum atomic E-state index is 10.3. The van der Waals surface area contributed by atoms with Gasteiger partial charge in [0.25, 0.3) is 0 Å². The molecule has 0 rings (SSSR count). The number of rotatable bonds is 8. The molecule has 0 aliphatic heterocycles. The molecule has 0 saturated heterocycles. The third-order valence-corrected chi connectivity index (χ3v) is 1.78. The number of aliphatic carboxylic acids is 2. The molecule has 0 unspecified atom stereocenters. The van der Waals surface area contributed by atoms with Gasteiger partial charge in [-0.05, 0) is 12.5 Å². The predicted octanol–water partition coefficient (Wildman–Crippen LogP) is 1.28. The van der Waals surface area contributed by atoms with E-state index in [0.717, 1.165) is 18.9 Å². The Labute approximate surface area is 134 Å². The number of carbonyl (C=O) groups is 4. The highest BCUT2D eigenvalue weighted by atomic mass is 16.5. The third kappa shape index (κ3) is 28.1. The number of hydrogen-bond acceptors (Lipinski definition) is 5. The normalized spacial score (nSPS) is 8.04. The van der Waals surface area contributed by atoms with Gasteiger partial charge in [0.05, 0.1) is 13.0 Å². The van der Waals surface area contributed by atoms with Crippen LogP contribution in [0.2, 0.25) is 0 Å². The zero-order chi connectivity index (χ0) is 18.8. The molecule has 0 radical (unpaired) electrons. The summed E-state index contributed by atoms with van der Waals surface area (Å²) in [5.74, 6) is -3.26. The molecule has 130 valence electrons. The number of hydrogen-bond donors (Lipinski definition) is 3. The summed E-state index contributed by atoms with van der Waals surface area (Å²) in [6.45, 7) is 11.9. The van der Waals surface area contributed by atoms with E-state index in [9.17, 15) is 19.2 Å². The zero-order valence-electron chi connectivity index (χ0n) is 13.1. The molecule has 0 heterocycles. The lowest BCUT2D eigenvalue weighted by molar-refractivity contribution is -0.139. The van der Waals surface area contributed by atoms with Gasteiger partial charge in [-0.2, -0.15) is 0 Å². The second-order valence-electron chi connectivity index (χ2n) is 3.81. The van der Waals surface area contributed by atoms with Gasteiger partial charge in [-0.3, -0.25) is 9.59 Å². The summed E-state index contributed by atoms with van der Waals surface area (Å²) in [5, 5.41) is 16.1. The molecule has 0 aliphatic rings. The van der Waals surface area contributed by atoms with Gasteiger partial charge >= 0.3 is 17.9 Å². The van der Waals surface area contributed by atoms with Crippen LogP contribution in [-0.4, -0.2) is 40.6 Å². The lowest BCUT2D eigenvalue weighted by Crippen LogP contribution is -2.04. The number of ether oxygens (including phenoxy) is 1. The third-order valence-electron chi connectivity index (χ3n) is 1.78. The van der Waals surface area contributed by atoms with Crippen LogP contribution in [0.5, 0.6) is 0 Å². The number of esters is 1. The predicted molar refractivity (Wildman–Crippen MR) is 84.5 cm³/mol. The molecule has 0 fully saturated rings. The summed E-state index contributed by atoms with van der Waals surface area (Å²) < 4.78 is 4.67. The Bertz CT molecular complexity index is 441. The van der Waals surface area contributed by atoms with Crippen molar-refractivity contribution in [1.82, 2.24) is 0 Å². The van der Waals surface area contributed by atoms with Gasteiger partial charge in [-0.25, -0.2) is 9.59 Å². The molecule has 0 aromatic rings. The van der Waals surface area contributed by atoms with Gasteiger partial charge in [-0.1, -0.05) is 33.1 Å². The van der Waals surface area contributed by atoms with Gasteiger partial charge in [0, 0.05) is 11.6 Å². The first-order valence-corrected chi connectivity index (χ1v) is 6.46. The Morgan fingerprint density at radius 3 is 1.83 bits per heavy atom. The number of amides is 1. The minimum absolute atomic E-state index is 0.303. The highest BCUT2D eigenvalue weighted by molar-refractivity contribution is 5.91. The lowest BCUT2D eigenvalue weighted by Gasteiger charge is -1.97. The highest BCUT2D eigenvalue weighted by Gasteiger charge is 2.07. The van der Waals surface area contributed by atoms with Crippen LogP contribution < -0.4 is 5.73 Å². The topological polar surface area (TPSA) is 144 Å². The quantitative estimate of drug-likeness (QED) is 0.345. The Kier molecular flexibility index (Phi) is 18.7. The molecule has 0 aromatic heterocycles. The van der Waals surface area contributed by atoms with Crippen LogP contribution in [0.15, 0.2) is 37.5 Å². The Balaban J connectivity index is -0.000000273. The summed E-state index contributed by atoms with van der Waals surface area (Å²) in [7, 11) is 0. The van der Waals surface area contributed by atoms with E-state index in [1.54, 1.807) is 0 Å². The first kappa shape index (κ1) is 25.1. The first-order chi connectivity index (χ1) is 10.6. The second kappa shape index (κ2) is 17.2. The number of nitrogens with two attached hydrogens (primary N) is 1. The average molecular weight is 329 g/mol. The molecule has 0 spiro atoms. The van der Waals surface area contributed by atoms with Crippen molar-refractivity contribution in [3.63, 3.8) is 0 Å².